The molecule has 0 saturated carbocycles. The number of nitrogens with two attached hydrogens (primary N) is 2. The number of fused-ring (bicyclic) bond motifs is 2. The first kappa shape index (κ1) is 30.9. The van der Waals surface area contributed by atoms with Gasteiger partial charge in [0.2, 0.25) is 10.6 Å². The lowest BCUT2D eigenvalue weighted by molar-refractivity contribution is -0.0511. The average molecular weight is 621 g/mol. The molecule has 8 unspecified atom stereocenters. The maximum absolute atomic E-state index is 9.99. The van der Waals surface area contributed by atoms with Gasteiger partial charge < -0.3 is 57.1 Å². The Bertz CT molecular complexity index is 1410. The lowest BCUT2D eigenvalue weighted by atomic mass is 10.1. The second-order valence-corrected chi connectivity index (χ2v) is 9.54. The molecule has 2 saturated heterocycles. The van der Waals surface area contributed by atoms with Crippen molar-refractivity contribution in [1.29, 1.82) is 0 Å². The minimum Gasteiger partial charge on any atom is -0.412 e. The predicted octanol–water partition coefficient (Wildman–Crippen LogP) is -3.48. The van der Waals surface area contributed by atoms with Crippen molar-refractivity contribution >= 4 is 57.2 Å². The molecule has 8 atom stereocenters. The molecule has 21 heteroatoms. The molecule has 0 aliphatic carbocycles. The van der Waals surface area contributed by atoms with Crippen LogP contribution in [0.5, 0.6) is 0 Å². The zero-order valence-corrected chi connectivity index (χ0v) is 22.2. The minimum atomic E-state index is -1.24. The minimum absolute atomic E-state index is 0. The lowest BCUT2D eigenvalue weighted by Crippen LogP contribution is -2.33. The molecule has 0 aromatic carbocycles. The third-order valence-corrected chi connectivity index (χ3v) is 6.76. The normalized spacial score (nSPS) is 29.5. The molecule has 4 aromatic heterocycles. The number of hydrogen-bond acceptors (Lipinski definition) is 16. The molecule has 19 nitrogen and oxygen atoms in total. The Hall–Kier alpha value is -3.08. The Kier molecular flexibility index (Phi) is 9.06. The second kappa shape index (κ2) is 12.0. The number of rotatable bonds is 4. The first-order valence-electron chi connectivity index (χ1n) is 11.6. The van der Waals surface area contributed by atoms with Gasteiger partial charge in [0.15, 0.2) is 35.4 Å². The fraction of sp³-hybridized carbons (Fsp3) is 0.500. The van der Waals surface area contributed by atoms with Crippen molar-refractivity contribution in [2.75, 3.05) is 24.7 Å². The van der Waals surface area contributed by atoms with E-state index in [1.165, 1.54) is 21.8 Å². The predicted molar refractivity (Wildman–Crippen MR) is 139 cm³/mol. The van der Waals surface area contributed by atoms with Crippen molar-refractivity contribution in [2.45, 2.75) is 49.1 Å². The van der Waals surface area contributed by atoms with Gasteiger partial charge in [0.05, 0.1) is 25.9 Å². The van der Waals surface area contributed by atoms with E-state index >= 15 is 0 Å². The van der Waals surface area contributed by atoms with Crippen LogP contribution >= 0.6 is 23.2 Å². The first-order chi connectivity index (χ1) is 19.0. The van der Waals surface area contributed by atoms with Crippen molar-refractivity contribution in [1.82, 2.24) is 39.0 Å². The largest absolute Gasteiger partial charge is 0.412 e. The van der Waals surface area contributed by atoms with Gasteiger partial charge in [-0.3, -0.25) is 9.13 Å². The van der Waals surface area contributed by atoms with E-state index in [0.29, 0.717) is 11.0 Å². The summed E-state index contributed by atoms with van der Waals surface area (Å²) in [5.41, 5.74) is 12.5. The number of imidazole rings is 2. The molecule has 41 heavy (non-hydrogen) atoms. The Balaban J connectivity index is 0.000000184. The maximum atomic E-state index is 9.99. The number of hydrogen-bond donors (Lipinski definition) is 8. The fourth-order valence-corrected chi connectivity index (χ4v) is 4.76. The van der Waals surface area contributed by atoms with Gasteiger partial charge in [0, 0.05) is 0 Å². The SMILES string of the molecule is Nc1nc(Cl)nc2c1ncn2C1OC(CO)C(O)C1O.Nc1nc(Cl)nc2c1ncn2C1OC(CO)C(O)C1O.O. The van der Waals surface area contributed by atoms with Crippen LogP contribution in [0.25, 0.3) is 22.3 Å². The van der Waals surface area contributed by atoms with Gasteiger partial charge in [-0.15, -0.1) is 0 Å². The summed E-state index contributed by atoms with van der Waals surface area (Å²) in [6.07, 6.45) is -5.86. The third-order valence-electron chi connectivity index (χ3n) is 6.42. The highest BCUT2D eigenvalue weighted by Gasteiger charge is 2.45. The van der Waals surface area contributed by atoms with Crippen LogP contribution in [0.15, 0.2) is 12.7 Å². The molecule has 2 aliphatic heterocycles. The number of ether oxygens (including phenoxy) is 2. The highest BCUT2D eigenvalue weighted by molar-refractivity contribution is 6.29. The molecule has 6 heterocycles. The van der Waals surface area contributed by atoms with Gasteiger partial charge >= 0.3 is 0 Å². The number of nitrogen functional groups attached to an aromatic ring is 2. The molecule has 4 aromatic rings. The van der Waals surface area contributed by atoms with Crippen LogP contribution in [0, 0.1) is 0 Å². The quantitative estimate of drug-likeness (QED) is 0.103. The van der Waals surface area contributed by atoms with Gasteiger partial charge in [-0.05, 0) is 23.2 Å². The van der Waals surface area contributed by atoms with Crippen LogP contribution < -0.4 is 11.5 Å². The Labute approximate surface area is 238 Å². The number of nitrogens with zero attached hydrogens (tertiary/aromatic N) is 8. The van der Waals surface area contributed by atoms with E-state index in [1.807, 2.05) is 0 Å². The van der Waals surface area contributed by atoms with Gasteiger partial charge in [-0.2, -0.15) is 19.9 Å². The summed E-state index contributed by atoms with van der Waals surface area (Å²) >= 11 is 11.5. The van der Waals surface area contributed by atoms with Crippen LogP contribution in [-0.2, 0) is 9.47 Å². The number of anilines is 2. The van der Waals surface area contributed by atoms with Crippen LogP contribution in [0.3, 0.4) is 0 Å². The Morgan fingerprint density at radius 3 is 1.37 bits per heavy atom. The molecule has 0 bridgehead atoms. The summed E-state index contributed by atoms with van der Waals surface area (Å²) in [4.78, 5) is 23.6. The molecular weight excluding hydrogens is 595 g/mol. The third kappa shape index (κ3) is 5.45. The Morgan fingerprint density at radius 2 is 1.05 bits per heavy atom. The molecule has 224 valence electrons. The summed E-state index contributed by atoms with van der Waals surface area (Å²) in [6.45, 7) is -0.835. The van der Waals surface area contributed by atoms with Crippen LogP contribution in [0.1, 0.15) is 12.5 Å². The standard InChI is InChI=1S/2C10H12ClN5O4.H2O/c2*11-10-14-7(12)4-8(15-10)16(2-13-4)9-6(19)5(18)3(1-17)20-9;/h2*2-3,5-6,9,17-19H,1H2,(H2,12,14,15);1H2. The van der Waals surface area contributed by atoms with Crippen molar-refractivity contribution in [2.24, 2.45) is 0 Å². The summed E-state index contributed by atoms with van der Waals surface area (Å²) in [5.74, 6) is 0.205. The van der Waals surface area contributed by atoms with E-state index < -0.39 is 62.3 Å². The van der Waals surface area contributed by atoms with Gasteiger partial charge in [-0.1, -0.05) is 0 Å². The molecular formula is C20H26Cl2N10O9. The van der Waals surface area contributed by atoms with E-state index in [-0.39, 0.29) is 39.0 Å². The molecule has 2 aliphatic rings. The summed E-state index contributed by atoms with van der Waals surface area (Å²) < 4.78 is 13.6. The molecule has 0 amide bonds. The van der Waals surface area contributed by atoms with Crippen molar-refractivity contribution < 1.29 is 45.6 Å². The van der Waals surface area contributed by atoms with Gasteiger partial charge in [0.1, 0.15) is 47.7 Å². The molecule has 12 N–H and O–H groups in total. The average Bonchev–Trinajstić information content (AvgIpc) is 3.66. The maximum Gasteiger partial charge on any atom is 0.226 e. The number of aromatic nitrogens is 8. The van der Waals surface area contributed by atoms with E-state index in [0.717, 1.165) is 0 Å². The Morgan fingerprint density at radius 1 is 0.683 bits per heavy atom. The molecule has 2 fully saturated rings. The van der Waals surface area contributed by atoms with Crippen molar-refractivity contribution in [3.05, 3.63) is 23.2 Å². The van der Waals surface area contributed by atoms with Crippen LogP contribution in [-0.4, -0.2) is 125 Å². The van der Waals surface area contributed by atoms with E-state index in [9.17, 15) is 20.4 Å². The summed E-state index contributed by atoms with van der Waals surface area (Å²) in [7, 11) is 0. The second-order valence-electron chi connectivity index (χ2n) is 8.86. The van der Waals surface area contributed by atoms with Gasteiger partial charge in [-0.25, -0.2) is 9.97 Å². The molecule has 0 radical (unpaired) electrons. The molecule has 0 spiro atoms. The first-order valence-corrected chi connectivity index (χ1v) is 12.4. The van der Waals surface area contributed by atoms with Crippen molar-refractivity contribution in [3.8, 4) is 0 Å². The van der Waals surface area contributed by atoms with Crippen molar-refractivity contribution in [3.63, 3.8) is 0 Å². The van der Waals surface area contributed by atoms with Crippen LogP contribution in [0.2, 0.25) is 10.6 Å². The van der Waals surface area contributed by atoms with Gasteiger partial charge in [0.25, 0.3) is 0 Å². The van der Waals surface area contributed by atoms with E-state index in [1.54, 1.807) is 0 Å². The van der Waals surface area contributed by atoms with Crippen LogP contribution in [0.4, 0.5) is 11.6 Å². The summed E-state index contributed by atoms with van der Waals surface area (Å²) in [6, 6.07) is 0. The smallest absolute Gasteiger partial charge is 0.226 e. The highest BCUT2D eigenvalue weighted by atomic mass is 35.5. The topological polar surface area (TPSA) is 311 Å². The zero-order valence-electron chi connectivity index (χ0n) is 20.7. The molecule has 6 rings (SSSR count). The fourth-order valence-electron chi connectivity index (χ4n) is 4.41. The zero-order chi connectivity index (χ0) is 28.9. The van der Waals surface area contributed by atoms with E-state index in [2.05, 4.69) is 29.9 Å². The number of aliphatic hydroxyl groups is 6. The highest BCUT2D eigenvalue weighted by Crippen LogP contribution is 2.33. The lowest BCUT2D eigenvalue weighted by Gasteiger charge is -2.16. The number of halogens is 2. The number of aliphatic hydroxyl groups excluding tert-OH is 6. The summed E-state index contributed by atoms with van der Waals surface area (Å²) in [5, 5.41) is 57.5. The monoisotopic (exact) mass is 620 g/mol. The van der Waals surface area contributed by atoms with E-state index in [4.69, 9.17) is 54.4 Å².